The van der Waals surface area contributed by atoms with E-state index in [9.17, 15) is 14.0 Å². The Morgan fingerprint density at radius 2 is 1.81 bits per heavy atom. The maximum absolute atomic E-state index is 13.3. The Labute approximate surface area is 154 Å². The van der Waals surface area contributed by atoms with Crippen LogP contribution in [0.5, 0.6) is 5.75 Å². The van der Waals surface area contributed by atoms with Gasteiger partial charge in [0.15, 0.2) is 5.78 Å². The van der Waals surface area contributed by atoms with Crippen molar-refractivity contribution in [3.8, 4) is 5.75 Å². The first kappa shape index (κ1) is 16.2. The zero-order chi connectivity index (χ0) is 18.7. The van der Waals surface area contributed by atoms with E-state index in [-0.39, 0.29) is 23.6 Å². The van der Waals surface area contributed by atoms with E-state index in [4.69, 9.17) is 9.15 Å². The number of hydrogen-bond donors (Lipinski definition) is 0. The van der Waals surface area contributed by atoms with Gasteiger partial charge in [0.1, 0.15) is 23.3 Å². The van der Waals surface area contributed by atoms with Gasteiger partial charge in [-0.3, -0.25) is 4.79 Å². The SMILES string of the molecule is Cc1cc2oc(=O)c3c(c2c2c1C(=O)C[C@H](c1ccc(F)cc1)O2)CCC3. The van der Waals surface area contributed by atoms with E-state index in [1.807, 2.05) is 6.92 Å². The number of fused-ring (bicyclic) bond motifs is 5. The van der Waals surface area contributed by atoms with Crippen molar-refractivity contribution in [2.45, 2.75) is 38.7 Å². The highest BCUT2D eigenvalue weighted by molar-refractivity contribution is 6.07. The molecule has 0 unspecified atom stereocenters. The molecule has 27 heavy (non-hydrogen) atoms. The molecule has 3 aromatic rings. The van der Waals surface area contributed by atoms with Gasteiger partial charge in [0.2, 0.25) is 0 Å². The summed E-state index contributed by atoms with van der Waals surface area (Å²) in [6.45, 7) is 1.82. The molecule has 1 aliphatic heterocycles. The Hall–Kier alpha value is -2.95. The Bertz CT molecular complexity index is 1160. The van der Waals surface area contributed by atoms with E-state index in [2.05, 4.69) is 0 Å². The standard InChI is InChI=1S/C22H17FO4/c1-11-9-18-20(14-3-2-4-15(14)22(25)27-18)21-19(11)16(24)10-17(26-21)12-5-7-13(23)8-6-12/h5-9,17H,2-4,10H2,1H3/t17-/m1/s1. The van der Waals surface area contributed by atoms with Crippen molar-refractivity contribution >= 4 is 16.8 Å². The predicted molar refractivity (Wildman–Crippen MR) is 98.0 cm³/mol. The van der Waals surface area contributed by atoms with E-state index in [0.717, 1.165) is 34.9 Å². The zero-order valence-corrected chi connectivity index (χ0v) is 14.8. The highest BCUT2D eigenvalue weighted by Gasteiger charge is 2.33. The Kier molecular flexibility index (Phi) is 3.47. The number of Topliss-reactive ketones (excluding diaryl/α,β-unsaturated/α-hetero) is 1. The fraction of sp³-hybridized carbons (Fsp3) is 0.273. The number of aryl methyl sites for hydroxylation is 2. The normalized spacial score (nSPS) is 18.3. The molecule has 2 aromatic carbocycles. The fourth-order valence-corrected chi connectivity index (χ4v) is 4.31. The second kappa shape index (κ2) is 5.78. The van der Waals surface area contributed by atoms with Crippen LogP contribution in [0.4, 0.5) is 4.39 Å². The lowest BCUT2D eigenvalue weighted by Crippen LogP contribution is -2.22. The van der Waals surface area contributed by atoms with Crippen LogP contribution in [0.1, 0.15) is 51.6 Å². The second-order valence-electron chi connectivity index (χ2n) is 7.26. The first-order valence-electron chi connectivity index (χ1n) is 9.10. The van der Waals surface area contributed by atoms with Crippen molar-refractivity contribution < 1.29 is 18.3 Å². The van der Waals surface area contributed by atoms with Gasteiger partial charge in [-0.2, -0.15) is 0 Å². The van der Waals surface area contributed by atoms with E-state index >= 15 is 0 Å². The van der Waals surface area contributed by atoms with Gasteiger partial charge < -0.3 is 9.15 Å². The largest absolute Gasteiger partial charge is 0.484 e. The minimum absolute atomic E-state index is 0.0112. The molecule has 0 amide bonds. The highest BCUT2D eigenvalue weighted by Crippen LogP contribution is 2.44. The maximum Gasteiger partial charge on any atom is 0.339 e. The van der Waals surface area contributed by atoms with Crippen LogP contribution in [-0.2, 0) is 12.8 Å². The highest BCUT2D eigenvalue weighted by atomic mass is 19.1. The summed E-state index contributed by atoms with van der Waals surface area (Å²) >= 11 is 0. The van der Waals surface area contributed by atoms with Crippen LogP contribution < -0.4 is 10.4 Å². The van der Waals surface area contributed by atoms with Crippen LogP contribution in [0.25, 0.3) is 11.0 Å². The fourth-order valence-electron chi connectivity index (χ4n) is 4.31. The molecule has 5 heteroatoms. The summed E-state index contributed by atoms with van der Waals surface area (Å²) < 4.78 is 25.1. The van der Waals surface area contributed by atoms with Crippen LogP contribution in [0, 0.1) is 12.7 Å². The zero-order valence-electron chi connectivity index (χ0n) is 14.8. The van der Waals surface area contributed by atoms with Crippen LogP contribution >= 0.6 is 0 Å². The lowest BCUT2D eigenvalue weighted by Gasteiger charge is -2.28. The molecule has 0 N–H and O–H groups in total. The molecular weight excluding hydrogens is 347 g/mol. The topological polar surface area (TPSA) is 56.5 Å². The molecule has 0 saturated carbocycles. The molecule has 1 atom stereocenters. The summed E-state index contributed by atoms with van der Waals surface area (Å²) in [5, 5.41) is 0.739. The average molecular weight is 364 g/mol. The molecular formula is C22H17FO4. The van der Waals surface area contributed by atoms with Gasteiger partial charge in [0.05, 0.1) is 17.4 Å². The van der Waals surface area contributed by atoms with Crippen LogP contribution in [0.15, 0.2) is 39.5 Å². The minimum atomic E-state index is -0.486. The van der Waals surface area contributed by atoms with Gasteiger partial charge >= 0.3 is 5.63 Å². The third-order valence-corrected chi connectivity index (χ3v) is 5.56. The van der Waals surface area contributed by atoms with Crippen LogP contribution in [0.3, 0.4) is 0 Å². The van der Waals surface area contributed by atoms with Gasteiger partial charge in [0.25, 0.3) is 0 Å². The first-order valence-corrected chi connectivity index (χ1v) is 9.10. The first-order chi connectivity index (χ1) is 13.0. The number of halogens is 1. The number of benzene rings is 2. The van der Waals surface area contributed by atoms with Gasteiger partial charge in [-0.05, 0) is 61.1 Å². The Morgan fingerprint density at radius 1 is 1.07 bits per heavy atom. The van der Waals surface area contributed by atoms with E-state index in [1.165, 1.54) is 12.1 Å². The molecule has 0 radical (unpaired) electrons. The lowest BCUT2D eigenvalue weighted by atomic mass is 9.90. The Morgan fingerprint density at radius 3 is 2.59 bits per heavy atom. The molecule has 0 spiro atoms. The summed E-state index contributed by atoms with van der Waals surface area (Å²) in [4.78, 5) is 25.2. The average Bonchev–Trinajstić information content (AvgIpc) is 3.12. The van der Waals surface area contributed by atoms with Gasteiger partial charge in [-0.1, -0.05) is 12.1 Å². The van der Waals surface area contributed by atoms with Gasteiger partial charge in [0, 0.05) is 5.56 Å². The summed E-state index contributed by atoms with van der Waals surface area (Å²) in [5.41, 5.74) is 3.83. The summed E-state index contributed by atoms with van der Waals surface area (Å²) in [6, 6.07) is 7.77. The molecule has 1 aromatic heterocycles. The maximum atomic E-state index is 13.3. The Balaban J connectivity index is 1.76. The molecule has 0 bridgehead atoms. The lowest BCUT2D eigenvalue weighted by molar-refractivity contribution is 0.0852. The number of carbonyl (C=O) groups is 1. The summed E-state index contributed by atoms with van der Waals surface area (Å²) in [6.07, 6.45) is 2.05. The molecule has 4 nitrogen and oxygen atoms in total. The van der Waals surface area contributed by atoms with Crippen molar-refractivity contribution in [2.24, 2.45) is 0 Å². The molecule has 1 aliphatic carbocycles. The number of hydrogen-bond acceptors (Lipinski definition) is 4. The molecule has 5 rings (SSSR count). The number of rotatable bonds is 1. The third-order valence-electron chi connectivity index (χ3n) is 5.56. The smallest absolute Gasteiger partial charge is 0.339 e. The quantitative estimate of drug-likeness (QED) is 0.599. The van der Waals surface area contributed by atoms with Crippen molar-refractivity contribution in [1.29, 1.82) is 0 Å². The van der Waals surface area contributed by atoms with E-state index < -0.39 is 6.10 Å². The molecule has 136 valence electrons. The summed E-state index contributed by atoms with van der Waals surface area (Å²) in [5.74, 6) is 0.155. The predicted octanol–water partition coefficient (Wildman–Crippen LogP) is 4.44. The van der Waals surface area contributed by atoms with Crippen molar-refractivity contribution in [3.63, 3.8) is 0 Å². The van der Waals surface area contributed by atoms with Gasteiger partial charge in [-0.15, -0.1) is 0 Å². The van der Waals surface area contributed by atoms with E-state index in [0.29, 0.717) is 28.9 Å². The van der Waals surface area contributed by atoms with Crippen molar-refractivity contribution in [2.75, 3.05) is 0 Å². The summed E-state index contributed by atoms with van der Waals surface area (Å²) in [7, 11) is 0. The molecule has 0 fully saturated rings. The van der Waals surface area contributed by atoms with Crippen molar-refractivity contribution in [3.05, 3.63) is 74.4 Å². The minimum Gasteiger partial charge on any atom is -0.484 e. The van der Waals surface area contributed by atoms with Crippen LogP contribution in [-0.4, -0.2) is 5.78 Å². The third kappa shape index (κ3) is 2.41. The van der Waals surface area contributed by atoms with Crippen molar-refractivity contribution in [1.82, 2.24) is 0 Å². The number of ether oxygens (including phenoxy) is 1. The second-order valence-corrected chi connectivity index (χ2v) is 7.26. The van der Waals surface area contributed by atoms with E-state index in [1.54, 1.807) is 18.2 Å². The molecule has 2 aliphatic rings. The number of carbonyl (C=O) groups excluding carboxylic acids is 1. The molecule has 0 saturated heterocycles. The monoisotopic (exact) mass is 364 g/mol. The number of ketones is 1. The van der Waals surface area contributed by atoms with Gasteiger partial charge in [-0.25, -0.2) is 9.18 Å². The van der Waals surface area contributed by atoms with Crippen LogP contribution in [0.2, 0.25) is 0 Å². The molecule has 2 heterocycles.